The Balaban J connectivity index is 2.13. The van der Waals surface area contributed by atoms with E-state index in [0.717, 1.165) is 35.2 Å². The van der Waals surface area contributed by atoms with Crippen LogP contribution < -0.4 is 5.32 Å². The molecule has 0 unspecified atom stereocenters. The molecule has 1 heterocycles. The molecule has 0 saturated heterocycles. The quantitative estimate of drug-likeness (QED) is 0.825. The number of rotatable bonds is 6. The predicted octanol–water partition coefficient (Wildman–Crippen LogP) is 4.46. The molecule has 1 amide bonds. The zero-order chi connectivity index (χ0) is 15.9. The number of aromatic nitrogens is 1. The molecule has 1 aromatic heterocycles. The smallest absolute Gasteiger partial charge is 0.272 e. The molecule has 0 saturated carbocycles. The number of halogens is 1. The minimum absolute atomic E-state index is 0.0516. The molecule has 1 aromatic carbocycles. The number of nitrogens with zero attached hydrogens (tertiary/aromatic N) is 2. The lowest BCUT2D eigenvalue weighted by Crippen LogP contribution is -2.28. The predicted molar refractivity (Wildman–Crippen MR) is 93.5 cm³/mol. The average Bonchev–Trinajstić information content (AvgIpc) is 2.54. The van der Waals surface area contributed by atoms with Crippen molar-refractivity contribution in [1.29, 1.82) is 0 Å². The fourth-order valence-electron chi connectivity index (χ4n) is 2.04. The lowest BCUT2D eigenvalue weighted by Gasteiger charge is -2.16. The molecule has 22 heavy (non-hydrogen) atoms. The van der Waals surface area contributed by atoms with Crippen molar-refractivity contribution in [3.05, 3.63) is 52.8 Å². The Labute approximate surface area is 139 Å². The van der Waals surface area contributed by atoms with Gasteiger partial charge in [-0.25, -0.2) is 0 Å². The molecule has 0 spiro atoms. The van der Waals surface area contributed by atoms with Gasteiger partial charge in [-0.3, -0.25) is 9.78 Å². The molecular formula is C17H20BrN3O. The third-order valence-electron chi connectivity index (χ3n) is 3.33. The SMILES string of the molecule is CCCCN(C)C(=O)c1cc(Nc2ccccc2Br)ccn1. The van der Waals surface area contributed by atoms with E-state index >= 15 is 0 Å². The van der Waals surface area contributed by atoms with Crippen LogP contribution in [0.4, 0.5) is 11.4 Å². The fraction of sp³-hybridized carbons (Fsp3) is 0.294. The summed E-state index contributed by atoms with van der Waals surface area (Å²) in [6.45, 7) is 2.86. The van der Waals surface area contributed by atoms with Gasteiger partial charge in [-0.05, 0) is 46.6 Å². The van der Waals surface area contributed by atoms with Crippen molar-refractivity contribution in [1.82, 2.24) is 9.88 Å². The second-order valence-corrected chi connectivity index (χ2v) is 5.97. The number of benzene rings is 1. The van der Waals surface area contributed by atoms with E-state index in [0.29, 0.717) is 5.69 Å². The standard InChI is InChI=1S/C17H20BrN3O/c1-3-4-11-21(2)17(22)16-12-13(9-10-19-16)20-15-8-6-5-7-14(15)18/h5-10,12H,3-4,11H2,1-2H3,(H,19,20). The Bertz CT molecular complexity index is 645. The van der Waals surface area contributed by atoms with Crippen LogP contribution in [0.15, 0.2) is 47.1 Å². The third-order valence-corrected chi connectivity index (χ3v) is 4.02. The van der Waals surface area contributed by atoms with Gasteiger partial charge in [0.1, 0.15) is 5.69 Å². The van der Waals surface area contributed by atoms with Gasteiger partial charge in [0.2, 0.25) is 0 Å². The van der Waals surface area contributed by atoms with Crippen LogP contribution in [-0.4, -0.2) is 29.4 Å². The number of hydrogen-bond donors (Lipinski definition) is 1. The lowest BCUT2D eigenvalue weighted by atomic mass is 10.2. The highest BCUT2D eigenvalue weighted by Gasteiger charge is 2.13. The van der Waals surface area contributed by atoms with Crippen LogP contribution in [0.2, 0.25) is 0 Å². The normalized spacial score (nSPS) is 10.3. The third kappa shape index (κ3) is 4.31. The highest BCUT2D eigenvalue weighted by Crippen LogP contribution is 2.25. The summed E-state index contributed by atoms with van der Waals surface area (Å²) in [5.41, 5.74) is 2.25. The molecule has 2 aromatic rings. The van der Waals surface area contributed by atoms with Gasteiger partial charge in [0.25, 0.3) is 5.91 Å². The van der Waals surface area contributed by atoms with Crippen LogP contribution in [0, 0.1) is 0 Å². The second kappa shape index (κ2) is 7.94. The van der Waals surface area contributed by atoms with Crippen LogP contribution in [0.3, 0.4) is 0 Å². The number of carbonyl (C=O) groups excluding carboxylic acids is 1. The molecule has 1 N–H and O–H groups in total. The summed E-state index contributed by atoms with van der Waals surface area (Å²) in [6.07, 6.45) is 3.71. The summed E-state index contributed by atoms with van der Waals surface area (Å²) in [4.78, 5) is 18.3. The van der Waals surface area contributed by atoms with E-state index in [1.54, 1.807) is 17.2 Å². The number of unbranched alkanes of at least 4 members (excludes halogenated alkanes) is 1. The number of anilines is 2. The van der Waals surface area contributed by atoms with E-state index in [1.807, 2.05) is 37.4 Å². The first-order valence-electron chi connectivity index (χ1n) is 7.35. The minimum atomic E-state index is -0.0516. The van der Waals surface area contributed by atoms with Crippen LogP contribution in [0.25, 0.3) is 0 Å². The van der Waals surface area contributed by atoms with Crippen molar-refractivity contribution in [2.24, 2.45) is 0 Å². The molecule has 0 aliphatic heterocycles. The van der Waals surface area contributed by atoms with E-state index in [-0.39, 0.29) is 5.91 Å². The van der Waals surface area contributed by atoms with Crippen molar-refractivity contribution in [3.8, 4) is 0 Å². The average molecular weight is 362 g/mol. The van der Waals surface area contributed by atoms with Gasteiger partial charge >= 0.3 is 0 Å². The Kier molecular flexibility index (Phi) is 5.95. The molecule has 4 nitrogen and oxygen atoms in total. The number of carbonyl (C=O) groups is 1. The first kappa shape index (κ1) is 16.5. The summed E-state index contributed by atoms with van der Waals surface area (Å²) in [5, 5.41) is 3.29. The van der Waals surface area contributed by atoms with E-state index in [9.17, 15) is 4.79 Å². The van der Waals surface area contributed by atoms with Crippen LogP contribution in [-0.2, 0) is 0 Å². The fourth-order valence-corrected chi connectivity index (χ4v) is 2.42. The highest BCUT2D eigenvalue weighted by atomic mass is 79.9. The van der Waals surface area contributed by atoms with Crippen molar-refractivity contribution >= 4 is 33.2 Å². The maximum absolute atomic E-state index is 12.3. The maximum Gasteiger partial charge on any atom is 0.272 e. The summed E-state index contributed by atoms with van der Waals surface area (Å²) >= 11 is 3.50. The molecular weight excluding hydrogens is 342 g/mol. The number of hydrogen-bond acceptors (Lipinski definition) is 3. The zero-order valence-corrected chi connectivity index (χ0v) is 14.4. The molecule has 0 bridgehead atoms. The van der Waals surface area contributed by atoms with Gasteiger partial charge in [0.05, 0.1) is 5.69 Å². The first-order valence-corrected chi connectivity index (χ1v) is 8.14. The Morgan fingerprint density at radius 1 is 1.32 bits per heavy atom. The maximum atomic E-state index is 12.3. The molecule has 5 heteroatoms. The first-order chi connectivity index (χ1) is 10.6. The van der Waals surface area contributed by atoms with Crippen LogP contribution in [0.5, 0.6) is 0 Å². The number of nitrogens with one attached hydrogen (secondary N) is 1. The molecule has 0 aliphatic carbocycles. The molecule has 116 valence electrons. The number of amides is 1. The topological polar surface area (TPSA) is 45.2 Å². The second-order valence-electron chi connectivity index (χ2n) is 5.11. The summed E-state index contributed by atoms with van der Waals surface area (Å²) in [6, 6.07) is 11.5. The van der Waals surface area contributed by atoms with Gasteiger partial charge < -0.3 is 10.2 Å². The Morgan fingerprint density at radius 3 is 2.82 bits per heavy atom. The summed E-state index contributed by atoms with van der Waals surface area (Å²) in [7, 11) is 1.81. The monoisotopic (exact) mass is 361 g/mol. The van der Waals surface area contributed by atoms with Crippen LogP contribution in [0.1, 0.15) is 30.3 Å². The van der Waals surface area contributed by atoms with Crippen molar-refractivity contribution in [2.45, 2.75) is 19.8 Å². The van der Waals surface area contributed by atoms with Crippen LogP contribution >= 0.6 is 15.9 Å². The molecule has 0 aliphatic rings. The van der Waals surface area contributed by atoms with Crippen molar-refractivity contribution < 1.29 is 4.79 Å². The largest absolute Gasteiger partial charge is 0.354 e. The number of para-hydroxylation sites is 1. The molecule has 2 rings (SSSR count). The molecule has 0 radical (unpaired) electrons. The Hall–Kier alpha value is -1.88. The lowest BCUT2D eigenvalue weighted by molar-refractivity contribution is 0.0787. The summed E-state index contributed by atoms with van der Waals surface area (Å²) < 4.78 is 0.972. The highest BCUT2D eigenvalue weighted by molar-refractivity contribution is 9.10. The van der Waals surface area contributed by atoms with Gasteiger partial charge in [-0.1, -0.05) is 25.5 Å². The van der Waals surface area contributed by atoms with E-state index in [1.165, 1.54) is 0 Å². The Morgan fingerprint density at radius 2 is 2.09 bits per heavy atom. The molecule has 0 fully saturated rings. The van der Waals surface area contributed by atoms with Gasteiger partial charge in [0.15, 0.2) is 0 Å². The van der Waals surface area contributed by atoms with Gasteiger partial charge in [-0.2, -0.15) is 0 Å². The van der Waals surface area contributed by atoms with E-state index in [2.05, 4.69) is 33.2 Å². The number of pyridine rings is 1. The molecule has 0 atom stereocenters. The van der Waals surface area contributed by atoms with Gasteiger partial charge in [-0.15, -0.1) is 0 Å². The van der Waals surface area contributed by atoms with Crippen molar-refractivity contribution in [3.63, 3.8) is 0 Å². The van der Waals surface area contributed by atoms with E-state index in [4.69, 9.17) is 0 Å². The van der Waals surface area contributed by atoms with Gasteiger partial charge in [0, 0.05) is 29.9 Å². The minimum Gasteiger partial charge on any atom is -0.354 e. The zero-order valence-electron chi connectivity index (χ0n) is 12.8. The summed E-state index contributed by atoms with van der Waals surface area (Å²) in [5.74, 6) is -0.0516. The van der Waals surface area contributed by atoms with E-state index < -0.39 is 0 Å². The van der Waals surface area contributed by atoms with Crippen molar-refractivity contribution in [2.75, 3.05) is 18.9 Å².